The summed E-state index contributed by atoms with van der Waals surface area (Å²) in [4.78, 5) is 24.0. The third-order valence-corrected chi connectivity index (χ3v) is 3.80. The fraction of sp³-hybridized carbons (Fsp3) is 0.500. The molecule has 1 N–H and O–H groups in total. The molecule has 0 aliphatic carbocycles. The minimum absolute atomic E-state index is 0.0343. The minimum atomic E-state index is -0.335. The highest BCUT2D eigenvalue weighted by molar-refractivity contribution is 6.05. The first-order valence-corrected chi connectivity index (χ1v) is 6.63. The predicted octanol–water partition coefficient (Wildman–Crippen LogP) is 3.26. The molecule has 3 nitrogen and oxygen atoms in total. The van der Waals surface area contributed by atoms with E-state index in [1.807, 2.05) is 19.9 Å². The van der Waals surface area contributed by atoms with E-state index in [0.717, 1.165) is 0 Å². The van der Waals surface area contributed by atoms with Crippen LogP contribution in [0.5, 0.6) is 0 Å². The van der Waals surface area contributed by atoms with Crippen LogP contribution in [0.3, 0.4) is 0 Å². The van der Waals surface area contributed by atoms with Gasteiger partial charge in [-0.05, 0) is 23.5 Å². The van der Waals surface area contributed by atoms with Gasteiger partial charge in [-0.25, -0.2) is 0 Å². The molecule has 1 aromatic carbocycles. The molecule has 2 amide bonds. The fourth-order valence-electron chi connectivity index (χ4n) is 1.86. The van der Waals surface area contributed by atoms with E-state index in [1.165, 1.54) is 0 Å². The molecule has 104 valence electrons. The number of rotatable bonds is 3. The predicted molar refractivity (Wildman–Crippen MR) is 76.7 cm³/mol. The van der Waals surface area contributed by atoms with Gasteiger partial charge in [-0.3, -0.25) is 14.9 Å². The van der Waals surface area contributed by atoms with Crippen LogP contribution < -0.4 is 5.32 Å². The Labute approximate surface area is 115 Å². The van der Waals surface area contributed by atoms with Crippen LogP contribution in [0.25, 0.3) is 0 Å². The van der Waals surface area contributed by atoms with Gasteiger partial charge in [0.25, 0.3) is 5.91 Å². The number of hydrogen-bond acceptors (Lipinski definition) is 2. The van der Waals surface area contributed by atoms with Crippen LogP contribution in [-0.2, 0) is 4.79 Å². The minimum Gasteiger partial charge on any atom is -0.292 e. The zero-order valence-electron chi connectivity index (χ0n) is 12.4. The molecular formula is C16H23NO2. The first-order valence-electron chi connectivity index (χ1n) is 6.63. The molecule has 0 fully saturated rings. The van der Waals surface area contributed by atoms with E-state index in [0.29, 0.717) is 5.56 Å². The summed E-state index contributed by atoms with van der Waals surface area (Å²) in [5.41, 5.74) is 0.540. The maximum absolute atomic E-state index is 12.1. The van der Waals surface area contributed by atoms with Crippen molar-refractivity contribution in [3.8, 4) is 0 Å². The summed E-state index contributed by atoms with van der Waals surface area (Å²) in [6.45, 7) is 10.2. The van der Waals surface area contributed by atoms with Gasteiger partial charge in [0.15, 0.2) is 0 Å². The third-order valence-electron chi connectivity index (χ3n) is 3.80. The number of amides is 2. The van der Waals surface area contributed by atoms with Gasteiger partial charge in [-0.1, -0.05) is 52.8 Å². The summed E-state index contributed by atoms with van der Waals surface area (Å²) < 4.78 is 0. The molecule has 0 heterocycles. The van der Waals surface area contributed by atoms with Crippen LogP contribution in [0, 0.1) is 17.3 Å². The van der Waals surface area contributed by atoms with Gasteiger partial charge in [0, 0.05) is 11.5 Å². The van der Waals surface area contributed by atoms with Crippen LogP contribution in [0.2, 0.25) is 0 Å². The zero-order chi connectivity index (χ0) is 14.6. The topological polar surface area (TPSA) is 46.2 Å². The Balaban J connectivity index is 2.68. The lowest BCUT2D eigenvalue weighted by atomic mass is 9.75. The highest BCUT2D eigenvalue weighted by Crippen LogP contribution is 2.31. The molecule has 0 bridgehead atoms. The van der Waals surface area contributed by atoms with E-state index in [4.69, 9.17) is 0 Å². The molecule has 2 atom stereocenters. The molecule has 0 saturated carbocycles. The molecule has 1 aromatic rings. The van der Waals surface area contributed by atoms with Gasteiger partial charge >= 0.3 is 0 Å². The van der Waals surface area contributed by atoms with Crippen LogP contribution >= 0.6 is 0 Å². The molecule has 0 aromatic heterocycles. The molecule has 0 spiro atoms. The normalized spacial score (nSPS) is 14.6. The van der Waals surface area contributed by atoms with E-state index in [2.05, 4.69) is 26.1 Å². The van der Waals surface area contributed by atoms with Crippen LogP contribution in [0.4, 0.5) is 0 Å². The van der Waals surface area contributed by atoms with Gasteiger partial charge in [0.05, 0.1) is 0 Å². The van der Waals surface area contributed by atoms with E-state index in [-0.39, 0.29) is 29.1 Å². The van der Waals surface area contributed by atoms with Crippen molar-refractivity contribution in [1.82, 2.24) is 5.32 Å². The summed E-state index contributed by atoms with van der Waals surface area (Å²) in [6, 6.07) is 8.78. The highest BCUT2D eigenvalue weighted by atomic mass is 16.2. The molecule has 1 rings (SSSR count). The van der Waals surface area contributed by atoms with Crippen molar-refractivity contribution in [3.05, 3.63) is 35.9 Å². The van der Waals surface area contributed by atoms with Crippen LogP contribution in [-0.4, -0.2) is 11.8 Å². The Morgan fingerprint density at radius 1 is 1.05 bits per heavy atom. The summed E-state index contributed by atoms with van der Waals surface area (Å²) in [5, 5.41) is 2.47. The van der Waals surface area contributed by atoms with E-state index in [1.54, 1.807) is 24.3 Å². The first-order chi connectivity index (χ1) is 8.73. The number of hydrogen-bond donors (Lipinski definition) is 1. The third kappa shape index (κ3) is 4.19. The van der Waals surface area contributed by atoms with Crippen molar-refractivity contribution in [1.29, 1.82) is 0 Å². The number of carbonyl (C=O) groups excluding carboxylic acids is 2. The summed E-state index contributed by atoms with van der Waals surface area (Å²) >= 11 is 0. The molecule has 19 heavy (non-hydrogen) atoms. The van der Waals surface area contributed by atoms with Crippen molar-refractivity contribution < 1.29 is 9.59 Å². The largest absolute Gasteiger partial charge is 0.292 e. The molecule has 0 aliphatic heterocycles. The average molecular weight is 261 g/mol. The average Bonchev–Trinajstić information content (AvgIpc) is 2.36. The maximum atomic E-state index is 12.1. The van der Waals surface area contributed by atoms with Gasteiger partial charge in [0.2, 0.25) is 5.91 Å². The summed E-state index contributed by atoms with van der Waals surface area (Å²) in [7, 11) is 0. The zero-order valence-corrected chi connectivity index (χ0v) is 12.4. The maximum Gasteiger partial charge on any atom is 0.257 e. The number of imide groups is 1. The van der Waals surface area contributed by atoms with Gasteiger partial charge in [-0.2, -0.15) is 0 Å². The Morgan fingerprint density at radius 2 is 1.58 bits per heavy atom. The Hall–Kier alpha value is -1.64. The van der Waals surface area contributed by atoms with Crippen molar-refractivity contribution in [3.63, 3.8) is 0 Å². The number of carbonyl (C=O) groups is 2. The lowest BCUT2D eigenvalue weighted by Crippen LogP contribution is -2.39. The number of nitrogens with one attached hydrogen (secondary N) is 1. The van der Waals surface area contributed by atoms with E-state index in [9.17, 15) is 9.59 Å². The second-order valence-corrected chi connectivity index (χ2v) is 6.13. The SMILES string of the molecule is C[C@H](C(=O)NC(=O)c1ccccc1)[C@@H](C)C(C)(C)C. The van der Waals surface area contributed by atoms with Gasteiger partial charge in [0.1, 0.15) is 0 Å². The van der Waals surface area contributed by atoms with Crippen LogP contribution in [0.15, 0.2) is 30.3 Å². The molecule has 0 radical (unpaired) electrons. The highest BCUT2D eigenvalue weighted by Gasteiger charge is 2.30. The Morgan fingerprint density at radius 3 is 2.05 bits per heavy atom. The van der Waals surface area contributed by atoms with E-state index >= 15 is 0 Å². The smallest absolute Gasteiger partial charge is 0.257 e. The van der Waals surface area contributed by atoms with Crippen molar-refractivity contribution >= 4 is 11.8 Å². The molecule has 0 saturated heterocycles. The molecule has 3 heteroatoms. The van der Waals surface area contributed by atoms with Crippen molar-refractivity contribution in [2.45, 2.75) is 34.6 Å². The van der Waals surface area contributed by atoms with Crippen molar-refractivity contribution in [2.24, 2.45) is 17.3 Å². The Kier molecular flexibility index (Phi) is 4.87. The lowest BCUT2D eigenvalue weighted by Gasteiger charge is -2.31. The molecule has 0 unspecified atom stereocenters. The van der Waals surface area contributed by atoms with E-state index < -0.39 is 0 Å². The van der Waals surface area contributed by atoms with Crippen molar-refractivity contribution in [2.75, 3.05) is 0 Å². The summed E-state index contributed by atoms with van der Waals surface area (Å²) in [6.07, 6.45) is 0. The molecule has 0 aliphatic rings. The quantitative estimate of drug-likeness (QED) is 0.907. The lowest BCUT2D eigenvalue weighted by molar-refractivity contribution is -0.126. The summed E-state index contributed by atoms with van der Waals surface area (Å²) in [5.74, 6) is -0.557. The van der Waals surface area contributed by atoms with Gasteiger partial charge in [-0.15, -0.1) is 0 Å². The second kappa shape index (κ2) is 6.00. The molecular weight excluding hydrogens is 238 g/mol. The second-order valence-electron chi connectivity index (χ2n) is 6.13. The fourth-order valence-corrected chi connectivity index (χ4v) is 1.86. The van der Waals surface area contributed by atoms with Crippen LogP contribution in [0.1, 0.15) is 45.0 Å². The standard InChI is InChI=1S/C16H23NO2/c1-11(12(2)16(3,4)5)14(18)17-15(19)13-9-7-6-8-10-13/h6-12H,1-5H3,(H,17,18,19)/t11-,12+/m0/s1. The van der Waals surface area contributed by atoms with Gasteiger partial charge < -0.3 is 0 Å². The Bertz CT molecular complexity index is 446. The first kappa shape index (κ1) is 15.4. The monoisotopic (exact) mass is 261 g/mol. The number of benzene rings is 1.